The van der Waals surface area contributed by atoms with Gasteiger partial charge < -0.3 is 15.0 Å². The summed E-state index contributed by atoms with van der Waals surface area (Å²) in [5.41, 5.74) is -1.05. The number of carbonyl (C=O) groups excluding carboxylic acids is 1. The Bertz CT molecular complexity index is 287. The summed E-state index contributed by atoms with van der Waals surface area (Å²) in [6, 6.07) is 0. The normalized spacial score (nSPS) is 31.4. The minimum atomic E-state index is -4.35. The lowest BCUT2D eigenvalue weighted by molar-refractivity contribution is -0.189. The third kappa shape index (κ3) is 2.15. The molecule has 0 radical (unpaired) electrons. The number of rotatable bonds is 1. The van der Waals surface area contributed by atoms with Gasteiger partial charge in [0.15, 0.2) is 5.60 Å². The van der Waals surface area contributed by atoms with E-state index in [1.165, 1.54) is 0 Å². The molecule has 16 heavy (non-hydrogen) atoms. The van der Waals surface area contributed by atoms with Gasteiger partial charge in [-0.2, -0.15) is 13.2 Å². The first-order valence-corrected chi connectivity index (χ1v) is 5.14. The van der Waals surface area contributed by atoms with Crippen molar-refractivity contribution in [3.63, 3.8) is 0 Å². The van der Waals surface area contributed by atoms with E-state index in [9.17, 15) is 18.0 Å². The van der Waals surface area contributed by atoms with E-state index < -0.39 is 24.2 Å². The number of morpholine rings is 1. The molecule has 0 aromatic rings. The molecule has 1 atom stereocenters. The number of hydrogen-bond donors (Lipinski definition) is 1. The average molecular weight is 238 g/mol. The molecule has 0 aliphatic carbocycles. The van der Waals surface area contributed by atoms with Crippen LogP contribution < -0.4 is 5.32 Å². The second kappa shape index (κ2) is 3.89. The number of ether oxygens (including phenoxy) is 1. The van der Waals surface area contributed by atoms with Crippen LogP contribution in [0.2, 0.25) is 0 Å². The summed E-state index contributed by atoms with van der Waals surface area (Å²) in [6.45, 7) is -0.0909. The zero-order valence-corrected chi connectivity index (χ0v) is 8.64. The first-order valence-electron chi connectivity index (χ1n) is 5.14. The predicted octanol–water partition coefficient (Wildman–Crippen LogP) is 0.140. The maximum absolute atomic E-state index is 12.2. The summed E-state index contributed by atoms with van der Waals surface area (Å²) in [5, 5.41) is 2.94. The Labute approximate surface area is 90.7 Å². The first kappa shape index (κ1) is 11.7. The molecule has 0 aromatic heterocycles. The molecule has 2 aliphatic heterocycles. The van der Waals surface area contributed by atoms with Crippen LogP contribution in [0.3, 0.4) is 0 Å². The summed E-state index contributed by atoms with van der Waals surface area (Å²) in [6.07, 6.45) is -3.90. The zero-order chi connectivity index (χ0) is 11.8. The molecular formula is C9H13F3N2O2. The van der Waals surface area contributed by atoms with E-state index in [0.717, 1.165) is 4.90 Å². The van der Waals surface area contributed by atoms with Crippen molar-refractivity contribution in [2.24, 2.45) is 0 Å². The summed E-state index contributed by atoms with van der Waals surface area (Å²) in [4.78, 5) is 12.7. The van der Waals surface area contributed by atoms with Crippen LogP contribution >= 0.6 is 0 Å². The number of carbonyl (C=O) groups is 1. The Balaban J connectivity index is 2.08. The summed E-state index contributed by atoms with van der Waals surface area (Å²) in [7, 11) is 0. The van der Waals surface area contributed by atoms with Gasteiger partial charge in [-0.1, -0.05) is 0 Å². The van der Waals surface area contributed by atoms with Gasteiger partial charge >= 0.3 is 6.18 Å². The lowest BCUT2D eigenvalue weighted by Crippen LogP contribution is -2.59. The van der Waals surface area contributed by atoms with E-state index in [0.29, 0.717) is 19.5 Å². The minimum Gasteiger partial charge on any atom is -0.362 e. The van der Waals surface area contributed by atoms with E-state index in [4.69, 9.17) is 4.74 Å². The molecule has 2 saturated heterocycles. The number of hydrogen-bond acceptors (Lipinski definition) is 3. The van der Waals surface area contributed by atoms with Crippen molar-refractivity contribution in [3.05, 3.63) is 0 Å². The molecule has 7 heteroatoms. The zero-order valence-electron chi connectivity index (χ0n) is 8.64. The summed E-state index contributed by atoms with van der Waals surface area (Å²) in [5.74, 6) is -0.541. The summed E-state index contributed by atoms with van der Waals surface area (Å²) < 4.78 is 42.1. The lowest BCUT2D eigenvalue weighted by Gasteiger charge is -2.39. The molecule has 2 fully saturated rings. The first-order chi connectivity index (χ1) is 7.43. The second-order valence-corrected chi connectivity index (χ2v) is 4.11. The van der Waals surface area contributed by atoms with Crippen LogP contribution in [0.1, 0.15) is 6.42 Å². The standard InChI is InChI=1S/C9H13F3N2O2/c10-9(11,12)6-14-3-4-16-8(7(14)15)1-2-13-5-8/h13H,1-6H2. The topological polar surface area (TPSA) is 41.6 Å². The molecular weight excluding hydrogens is 225 g/mol. The van der Waals surface area contributed by atoms with Gasteiger partial charge in [-0.15, -0.1) is 0 Å². The molecule has 0 saturated carbocycles. The van der Waals surface area contributed by atoms with Crippen LogP contribution in [0.25, 0.3) is 0 Å². The van der Waals surface area contributed by atoms with E-state index >= 15 is 0 Å². The Morgan fingerprint density at radius 2 is 2.25 bits per heavy atom. The number of halogens is 3. The molecule has 1 unspecified atom stereocenters. The van der Waals surface area contributed by atoms with E-state index in [2.05, 4.69) is 5.32 Å². The van der Waals surface area contributed by atoms with Crippen molar-refractivity contribution in [2.75, 3.05) is 32.8 Å². The van der Waals surface area contributed by atoms with E-state index in [-0.39, 0.29) is 13.2 Å². The monoisotopic (exact) mass is 238 g/mol. The largest absolute Gasteiger partial charge is 0.406 e. The van der Waals surface area contributed by atoms with Crippen molar-refractivity contribution < 1.29 is 22.7 Å². The Hall–Kier alpha value is -0.820. The maximum atomic E-state index is 12.2. The van der Waals surface area contributed by atoms with Gasteiger partial charge in [0.2, 0.25) is 0 Å². The highest BCUT2D eigenvalue weighted by molar-refractivity contribution is 5.86. The van der Waals surface area contributed by atoms with Crippen molar-refractivity contribution in [1.82, 2.24) is 10.2 Å². The van der Waals surface area contributed by atoms with Crippen LogP contribution in [-0.2, 0) is 9.53 Å². The van der Waals surface area contributed by atoms with E-state index in [1.54, 1.807) is 0 Å². The Kier molecular flexibility index (Phi) is 2.83. The van der Waals surface area contributed by atoms with Crippen LogP contribution in [0.15, 0.2) is 0 Å². The molecule has 4 nitrogen and oxygen atoms in total. The fourth-order valence-electron chi connectivity index (χ4n) is 2.14. The lowest BCUT2D eigenvalue weighted by atomic mass is 9.99. The van der Waals surface area contributed by atoms with Crippen LogP contribution in [-0.4, -0.2) is 55.4 Å². The van der Waals surface area contributed by atoms with Crippen LogP contribution in [0.4, 0.5) is 13.2 Å². The highest BCUT2D eigenvalue weighted by Crippen LogP contribution is 2.28. The number of amides is 1. The highest BCUT2D eigenvalue weighted by Gasteiger charge is 2.49. The highest BCUT2D eigenvalue weighted by atomic mass is 19.4. The molecule has 2 heterocycles. The molecule has 92 valence electrons. The smallest absolute Gasteiger partial charge is 0.362 e. The molecule has 0 bridgehead atoms. The van der Waals surface area contributed by atoms with Crippen LogP contribution in [0.5, 0.6) is 0 Å². The van der Waals surface area contributed by atoms with Crippen molar-refractivity contribution in [3.8, 4) is 0 Å². The number of nitrogens with one attached hydrogen (secondary N) is 1. The van der Waals surface area contributed by atoms with Gasteiger partial charge in [0.25, 0.3) is 5.91 Å². The minimum absolute atomic E-state index is 0.0140. The number of nitrogens with zero attached hydrogens (tertiary/aromatic N) is 1. The van der Waals surface area contributed by atoms with E-state index in [1.807, 2.05) is 0 Å². The number of alkyl halides is 3. The fourth-order valence-corrected chi connectivity index (χ4v) is 2.14. The Morgan fingerprint density at radius 3 is 2.81 bits per heavy atom. The molecule has 2 rings (SSSR count). The SMILES string of the molecule is O=C1N(CC(F)(F)F)CCOC12CCNC2. The molecule has 1 amide bonds. The molecule has 0 aromatic carbocycles. The third-order valence-electron chi connectivity index (χ3n) is 2.90. The molecule has 1 spiro atoms. The quantitative estimate of drug-likeness (QED) is 0.706. The van der Waals surface area contributed by atoms with Gasteiger partial charge in [-0.05, 0) is 13.0 Å². The maximum Gasteiger partial charge on any atom is 0.406 e. The van der Waals surface area contributed by atoms with Crippen LogP contribution in [0, 0.1) is 0 Å². The van der Waals surface area contributed by atoms with Gasteiger partial charge in [0, 0.05) is 13.1 Å². The average Bonchev–Trinajstić information content (AvgIpc) is 2.61. The predicted molar refractivity (Wildman–Crippen MR) is 48.8 cm³/mol. The molecule has 1 N–H and O–H groups in total. The van der Waals surface area contributed by atoms with Gasteiger partial charge in [0.05, 0.1) is 6.61 Å². The summed E-state index contributed by atoms with van der Waals surface area (Å²) >= 11 is 0. The molecule has 2 aliphatic rings. The Morgan fingerprint density at radius 1 is 1.50 bits per heavy atom. The van der Waals surface area contributed by atoms with Crippen molar-refractivity contribution in [1.29, 1.82) is 0 Å². The fraction of sp³-hybridized carbons (Fsp3) is 0.889. The van der Waals surface area contributed by atoms with Crippen molar-refractivity contribution in [2.45, 2.75) is 18.2 Å². The third-order valence-corrected chi connectivity index (χ3v) is 2.90. The van der Waals surface area contributed by atoms with Gasteiger partial charge in [0.1, 0.15) is 6.54 Å². The van der Waals surface area contributed by atoms with Gasteiger partial charge in [-0.3, -0.25) is 4.79 Å². The van der Waals surface area contributed by atoms with Gasteiger partial charge in [-0.25, -0.2) is 0 Å². The van der Waals surface area contributed by atoms with Crippen molar-refractivity contribution >= 4 is 5.91 Å². The second-order valence-electron chi connectivity index (χ2n) is 4.11.